The van der Waals surface area contributed by atoms with Crippen molar-refractivity contribution in [2.45, 2.75) is 373 Å². The van der Waals surface area contributed by atoms with E-state index in [1.165, 1.54) is 295 Å². The maximum Gasteiger partial charge on any atom is 0.268 e. The highest BCUT2D eigenvalue weighted by Crippen LogP contribution is 2.38. The van der Waals surface area contributed by atoms with Crippen molar-refractivity contribution in [3.63, 3.8) is 0 Å². The maximum atomic E-state index is 13.0. The number of hydrogen-bond acceptors (Lipinski definition) is 6. The van der Waals surface area contributed by atoms with Crippen molar-refractivity contribution >= 4 is 13.7 Å². The van der Waals surface area contributed by atoms with Crippen LogP contribution in [0, 0.1) is 0 Å². The van der Waals surface area contributed by atoms with E-state index in [1.807, 2.05) is 27.2 Å². The Labute approximate surface area is 499 Å². The number of nitrogens with zero attached hydrogens (tertiary/aromatic N) is 1. The molecule has 0 rings (SSSR count). The standard InChI is InChI=1S/C71H139N2O6P/c1-6-8-10-12-14-16-18-20-22-24-26-28-29-30-31-32-33-34-35-36-37-38-39-40-41-42-43-45-47-49-51-53-55-57-59-61-63-65-71(75)72-69(68-79-80(76,77)78-67-66-73(3,4)5)70(74)64-62-60-58-56-54-52-50-48-46-44-27-25-23-21-19-17-15-13-11-9-7-2/h46,48,54,56,62,64,69-70,74H,6-45,47,49-53,55,57-61,63,65-68H2,1-5H3,(H-,72,75,76,77)/b48-46+,56-54+,64-62+. The Morgan fingerprint density at radius 1 is 0.425 bits per heavy atom. The van der Waals surface area contributed by atoms with Crippen LogP contribution in [0.4, 0.5) is 0 Å². The normalized spacial score (nSPS) is 13.8. The van der Waals surface area contributed by atoms with E-state index >= 15 is 0 Å². The molecule has 0 aliphatic heterocycles. The van der Waals surface area contributed by atoms with Gasteiger partial charge in [-0.1, -0.05) is 346 Å². The van der Waals surface area contributed by atoms with Crippen LogP contribution >= 0.6 is 7.82 Å². The number of likely N-dealkylation sites (N-methyl/N-ethyl adjacent to an activating group) is 1. The second-order valence-corrected chi connectivity index (χ2v) is 27.0. The molecule has 0 aromatic rings. The number of unbranched alkanes of at least 4 members (excludes halogenated alkanes) is 49. The molecule has 0 aromatic carbocycles. The minimum absolute atomic E-state index is 0.00717. The van der Waals surface area contributed by atoms with Gasteiger partial charge in [0.25, 0.3) is 7.82 Å². The number of aliphatic hydroxyl groups is 1. The van der Waals surface area contributed by atoms with Crippen LogP contribution in [0.1, 0.15) is 361 Å². The van der Waals surface area contributed by atoms with E-state index in [1.54, 1.807) is 6.08 Å². The lowest BCUT2D eigenvalue weighted by atomic mass is 10.0. The average molecular weight is 1150 g/mol. The first-order valence-corrected chi connectivity index (χ1v) is 36.8. The van der Waals surface area contributed by atoms with Crippen molar-refractivity contribution < 1.29 is 32.9 Å². The summed E-state index contributed by atoms with van der Waals surface area (Å²) in [6, 6.07) is -0.909. The Balaban J connectivity index is 3.98. The van der Waals surface area contributed by atoms with Crippen LogP contribution in [0.3, 0.4) is 0 Å². The lowest BCUT2D eigenvalue weighted by molar-refractivity contribution is -0.870. The molecule has 9 heteroatoms. The van der Waals surface area contributed by atoms with Gasteiger partial charge in [0.2, 0.25) is 5.91 Å². The van der Waals surface area contributed by atoms with Crippen LogP contribution in [-0.4, -0.2) is 68.5 Å². The molecule has 8 nitrogen and oxygen atoms in total. The molecule has 0 spiro atoms. The molecule has 474 valence electrons. The van der Waals surface area contributed by atoms with Crippen LogP contribution in [-0.2, 0) is 18.4 Å². The van der Waals surface area contributed by atoms with Crippen LogP contribution < -0.4 is 10.2 Å². The van der Waals surface area contributed by atoms with Crippen molar-refractivity contribution in [2.24, 2.45) is 0 Å². The fourth-order valence-corrected chi connectivity index (χ4v) is 11.6. The van der Waals surface area contributed by atoms with Gasteiger partial charge in [-0.15, -0.1) is 0 Å². The third kappa shape index (κ3) is 64.3. The van der Waals surface area contributed by atoms with E-state index in [9.17, 15) is 19.4 Å². The van der Waals surface area contributed by atoms with Gasteiger partial charge in [-0.25, -0.2) is 0 Å². The van der Waals surface area contributed by atoms with Gasteiger partial charge in [0, 0.05) is 6.42 Å². The zero-order valence-corrected chi connectivity index (χ0v) is 55.2. The molecular formula is C71H139N2O6P. The smallest absolute Gasteiger partial charge is 0.268 e. The molecule has 0 saturated carbocycles. The summed E-state index contributed by atoms with van der Waals surface area (Å²) < 4.78 is 23.4. The monoisotopic (exact) mass is 1150 g/mol. The number of phosphoric ester groups is 1. The van der Waals surface area contributed by atoms with Crippen LogP contribution in [0.25, 0.3) is 0 Å². The molecule has 0 saturated heterocycles. The predicted molar refractivity (Wildman–Crippen MR) is 348 cm³/mol. The predicted octanol–water partition coefficient (Wildman–Crippen LogP) is 21.8. The zero-order chi connectivity index (χ0) is 58.4. The minimum atomic E-state index is -4.61. The Kier molecular flexibility index (Phi) is 61.3. The quantitative estimate of drug-likeness (QED) is 0.0272. The number of amides is 1. The number of carbonyl (C=O) groups excluding carboxylic acids is 1. The van der Waals surface area contributed by atoms with Gasteiger partial charge < -0.3 is 28.8 Å². The number of aliphatic hydroxyl groups excluding tert-OH is 1. The molecule has 0 fully saturated rings. The SMILES string of the molecule is CCCCCCCCCCCCC/C=C/CC/C=C/CC/C=C/C(O)C(COP(=O)([O-])OCC[N+](C)(C)C)NC(=O)CCCCCCCCCCCCCCCCCCCCCCCCCCCCCCCCCCCCCCC. The molecule has 0 radical (unpaired) electrons. The Hall–Kier alpha value is -1.28. The third-order valence-electron chi connectivity index (χ3n) is 16.3. The Morgan fingerprint density at radius 2 is 0.700 bits per heavy atom. The van der Waals surface area contributed by atoms with Crippen LogP contribution in [0.15, 0.2) is 36.5 Å². The molecule has 0 aromatic heterocycles. The van der Waals surface area contributed by atoms with E-state index < -0.39 is 26.6 Å². The van der Waals surface area contributed by atoms with Gasteiger partial charge in [0.1, 0.15) is 13.2 Å². The summed E-state index contributed by atoms with van der Waals surface area (Å²) in [7, 11) is 1.25. The first kappa shape index (κ1) is 78.7. The van der Waals surface area contributed by atoms with E-state index in [4.69, 9.17) is 9.05 Å². The van der Waals surface area contributed by atoms with E-state index in [0.29, 0.717) is 17.4 Å². The van der Waals surface area contributed by atoms with Crippen molar-refractivity contribution in [3.8, 4) is 0 Å². The molecule has 2 N–H and O–H groups in total. The fourth-order valence-electron chi connectivity index (χ4n) is 10.8. The summed E-state index contributed by atoms with van der Waals surface area (Å²) in [5.41, 5.74) is 0. The zero-order valence-electron chi connectivity index (χ0n) is 54.3. The van der Waals surface area contributed by atoms with E-state index in [0.717, 1.165) is 44.9 Å². The molecule has 1 amide bonds. The molecule has 0 aliphatic rings. The molecule has 0 heterocycles. The second kappa shape index (κ2) is 62.3. The minimum Gasteiger partial charge on any atom is -0.756 e. The number of hydrogen-bond donors (Lipinski definition) is 2. The number of rotatable bonds is 66. The summed E-state index contributed by atoms with van der Waals surface area (Å²) in [4.78, 5) is 25.6. The van der Waals surface area contributed by atoms with Crippen molar-refractivity contribution in [1.29, 1.82) is 0 Å². The highest BCUT2D eigenvalue weighted by atomic mass is 31.2. The van der Waals surface area contributed by atoms with E-state index in [-0.39, 0.29) is 12.5 Å². The molecule has 0 bridgehead atoms. The molecule has 0 aliphatic carbocycles. The first-order valence-electron chi connectivity index (χ1n) is 35.4. The number of carbonyl (C=O) groups is 1. The summed E-state index contributed by atoms with van der Waals surface area (Å²) in [5, 5.41) is 13.9. The lowest BCUT2D eigenvalue weighted by Gasteiger charge is -2.29. The first-order chi connectivity index (χ1) is 39.0. The number of phosphoric acid groups is 1. The van der Waals surface area contributed by atoms with Gasteiger partial charge in [-0.3, -0.25) is 9.36 Å². The topological polar surface area (TPSA) is 108 Å². The lowest BCUT2D eigenvalue weighted by Crippen LogP contribution is -2.45. The third-order valence-corrected chi connectivity index (χ3v) is 17.3. The van der Waals surface area contributed by atoms with Gasteiger partial charge in [0.05, 0.1) is 39.9 Å². The average Bonchev–Trinajstić information content (AvgIpc) is 3.42. The maximum absolute atomic E-state index is 13.0. The largest absolute Gasteiger partial charge is 0.756 e. The van der Waals surface area contributed by atoms with Gasteiger partial charge in [-0.05, 0) is 44.9 Å². The number of allylic oxidation sites excluding steroid dienone is 5. The molecule has 3 unspecified atom stereocenters. The van der Waals surface area contributed by atoms with Crippen LogP contribution in [0.2, 0.25) is 0 Å². The van der Waals surface area contributed by atoms with Crippen molar-refractivity contribution in [1.82, 2.24) is 5.32 Å². The van der Waals surface area contributed by atoms with Crippen molar-refractivity contribution in [2.75, 3.05) is 40.9 Å². The second-order valence-electron chi connectivity index (χ2n) is 25.6. The Bertz CT molecular complexity index is 1400. The molecule has 80 heavy (non-hydrogen) atoms. The van der Waals surface area contributed by atoms with Crippen molar-refractivity contribution in [3.05, 3.63) is 36.5 Å². The highest BCUT2D eigenvalue weighted by molar-refractivity contribution is 7.45. The summed E-state index contributed by atoms with van der Waals surface area (Å²) in [6.07, 6.45) is 82.9. The summed E-state index contributed by atoms with van der Waals surface area (Å²) in [5.74, 6) is -0.204. The molecule has 3 atom stereocenters. The highest BCUT2D eigenvalue weighted by Gasteiger charge is 2.23. The van der Waals surface area contributed by atoms with E-state index in [2.05, 4.69) is 43.5 Å². The van der Waals surface area contributed by atoms with Gasteiger partial charge in [-0.2, -0.15) is 0 Å². The summed E-state index contributed by atoms with van der Waals surface area (Å²) >= 11 is 0. The van der Waals surface area contributed by atoms with Crippen LogP contribution in [0.5, 0.6) is 0 Å². The summed E-state index contributed by atoms with van der Waals surface area (Å²) in [6.45, 7) is 4.67. The number of nitrogens with one attached hydrogen (secondary N) is 1. The fraction of sp³-hybridized carbons (Fsp3) is 0.901. The number of quaternary nitrogens is 1. The van der Waals surface area contributed by atoms with Gasteiger partial charge in [0.15, 0.2) is 0 Å². The Morgan fingerprint density at radius 3 is 1.01 bits per heavy atom. The molecular weight excluding hydrogens is 1010 g/mol. The van der Waals surface area contributed by atoms with Gasteiger partial charge >= 0.3 is 0 Å².